The zero-order chi connectivity index (χ0) is 10.6. The molecule has 0 nitrogen and oxygen atoms in total. The van der Waals surface area contributed by atoms with Gasteiger partial charge in [0.1, 0.15) is 0 Å². The van der Waals surface area contributed by atoms with Gasteiger partial charge in [0.2, 0.25) is 0 Å². The molecule has 0 aromatic carbocycles. The van der Waals surface area contributed by atoms with Crippen LogP contribution < -0.4 is 0 Å². The topological polar surface area (TPSA) is 0 Å². The molecule has 0 aliphatic carbocycles. The predicted molar refractivity (Wildman–Crippen MR) is 65.4 cm³/mol. The van der Waals surface area contributed by atoms with Crippen LogP contribution >= 0.6 is 0 Å². The van der Waals surface area contributed by atoms with E-state index in [0.717, 1.165) is 25.7 Å². The van der Waals surface area contributed by atoms with E-state index >= 15 is 0 Å². The van der Waals surface area contributed by atoms with Crippen molar-refractivity contribution in [1.29, 1.82) is 0 Å². The van der Waals surface area contributed by atoms with E-state index in [1.807, 2.05) is 12.2 Å². The predicted octanol–water partition coefficient (Wildman–Crippen LogP) is 4.80. The van der Waals surface area contributed by atoms with Crippen LogP contribution in [0.5, 0.6) is 0 Å². The number of hydrogen-bond donors (Lipinski definition) is 0. The van der Waals surface area contributed by atoms with Gasteiger partial charge >= 0.3 is 0 Å². The highest BCUT2D eigenvalue weighted by atomic mass is 13.9. The molecule has 0 radical (unpaired) electrons. The first-order chi connectivity index (χ1) is 6.85. The van der Waals surface area contributed by atoms with Gasteiger partial charge in [0, 0.05) is 0 Å². The maximum atomic E-state index is 3.69. The summed E-state index contributed by atoms with van der Waals surface area (Å²) < 4.78 is 0. The molecule has 0 N–H and O–H groups in total. The Hall–Kier alpha value is -1.00. The molecule has 0 spiro atoms. The van der Waals surface area contributed by atoms with Crippen LogP contribution in [-0.2, 0) is 0 Å². The lowest BCUT2D eigenvalue weighted by Gasteiger charge is -1.91. The minimum atomic E-state index is 1.11. The molecular formula is C14H22. The van der Waals surface area contributed by atoms with Crippen molar-refractivity contribution in [3.8, 4) is 0 Å². The Kier molecular flexibility index (Phi) is 9.36. The van der Waals surface area contributed by atoms with E-state index in [1.165, 1.54) is 12.0 Å². The van der Waals surface area contributed by atoms with Gasteiger partial charge in [0.25, 0.3) is 0 Å². The maximum absolute atomic E-state index is 3.69. The van der Waals surface area contributed by atoms with Crippen LogP contribution in [0.25, 0.3) is 0 Å². The molecule has 14 heavy (non-hydrogen) atoms. The molecule has 0 bridgehead atoms. The Balaban J connectivity index is 3.78. The highest BCUT2D eigenvalue weighted by Gasteiger charge is 1.83. The molecule has 0 amide bonds. The lowest BCUT2D eigenvalue weighted by atomic mass is 10.1. The summed E-state index contributed by atoms with van der Waals surface area (Å²) in [4.78, 5) is 0. The molecule has 0 rings (SSSR count). The standard InChI is InChI=1S/C14H22/c1-4-7-8-9-10-11-12-13-14(5-2)6-3/h4,10-12H,1,5-9H2,2-3H3. The van der Waals surface area contributed by atoms with Crippen LogP contribution in [0.2, 0.25) is 0 Å². The molecule has 0 aromatic heterocycles. The van der Waals surface area contributed by atoms with Crippen LogP contribution in [-0.4, -0.2) is 0 Å². The summed E-state index contributed by atoms with van der Waals surface area (Å²) in [7, 11) is 0. The summed E-state index contributed by atoms with van der Waals surface area (Å²) in [6, 6.07) is 0. The summed E-state index contributed by atoms with van der Waals surface area (Å²) in [5.74, 6) is 0. The number of unbranched alkanes of at least 4 members (excludes halogenated alkanes) is 2. The molecule has 0 saturated carbocycles. The third kappa shape index (κ3) is 7.64. The van der Waals surface area contributed by atoms with Crippen LogP contribution in [0.15, 0.2) is 42.2 Å². The van der Waals surface area contributed by atoms with Crippen molar-refractivity contribution < 1.29 is 0 Å². The lowest BCUT2D eigenvalue weighted by Crippen LogP contribution is -1.71. The van der Waals surface area contributed by atoms with Gasteiger partial charge in [-0.15, -0.1) is 12.3 Å². The summed E-state index contributed by atoms with van der Waals surface area (Å²) >= 11 is 0. The summed E-state index contributed by atoms with van der Waals surface area (Å²) in [6.45, 7) is 8.04. The van der Waals surface area contributed by atoms with Crippen molar-refractivity contribution in [2.75, 3.05) is 0 Å². The second-order valence-electron chi connectivity index (χ2n) is 3.27. The van der Waals surface area contributed by atoms with Crippen molar-refractivity contribution in [3.05, 3.63) is 42.2 Å². The van der Waals surface area contributed by atoms with Crippen LogP contribution in [0.4, 0.5) is 0 Å². The van der Waals surface area contributed by atoms with Crippen LogP contribution in [0.1, 0.15) is 46.0 Å². The van der Waals surface area contributed by atoms with Gasteiger partial charge in [-0.25, -0.2) is 0 Å². The Morgan fingerprint density at radius 3 is 2.50 bits per heavy atom. The molecule has 0 heteroatoms. The smallest absolute Gasteiger partial charge is 0.0203 e. The maximum Gasteiger partial charge on any atom is -0.0203 e. The molecule has 0 aliphatic rings. The van der Waals surface area contributed by atoms with Crippen molar-refractivity contribution in [2.45, 2.75) is 46.0 Å². The Bertz CT molecular complexity index is 218. The molecular weight excluding hydrogens is 168 g/mol. The van der Waals surface area contributed by atoms with Crippen molar-refractivity contribution in [1.82, 2.24) is 0 Å². The number of allylic oxidation sites excluding steroid dienone is 4. The molecule has 0 unspecified atom stereocenters. The fraction of sp³-hybridized carbons (Fsp3) is 0.500. The van der Waals surface area contributed by atoms with Gasteiger partial charge in [-0.2, -0.15) is 0 Å². The average Bonchev–Trinajstić information content (AvgIpc) is 2.22. The van der Waals surface area contributed by atoms with Crippen LogP contribution in [0, 0.1) is 0 Å². The van der Waals surface area contributed by atoms with E-state index in [1.54, 1.807) is 0 Å². The van der Waals surface area contributed by atoms with Crippen LogP contribution in [0.3, 0.4) is 0 Å². The SMILES string of the molecule is C=CCCCC=CC=C=C(CC)CC. The number of hydrogen-bond acceptors (Lipinski definition) is 0. The van der Waals surface area contributed by atoms with Crippen molar-refractivity contribution >= 4 is 0 Å². The first kappa shape index (κ1) is 13.0. The summed E-state index contributed by atoms with van der Waals surface area (Å²) in [5, 5.41) is 0. The molecule has 0 saturated heterocycles. The van der Waals surface area contributed by atoms with Gasteiger partial charge in [-0.05, 0) is 43.8 Å². The largest absolute Gasteiger partial charge is 0.122 e. The van der Waals surface area contributed by atoms with E-state index in [4.69, 9.17) is 0 Å². The van der Waals surface area contributed by atoms with E-state index < -0.39 is 0 Å². The Labute approximate surface area is 88.7 Å². The minimum absolute atomic E-state index is 1.11. The van der Waals surface area contributed by atoms with E-state index in [2.05, 4.69) is 38.3 Å². The van der Waals surface area contributed by atoms with Crippen molar-refractivity contribution in [2.24, 2.45) is 0 Å². The monoisotopic (exact) mass is 190 g/mol. The molecule has 0 aliphatic heterocycles. The van der Waals surface area contributed by atoms with Gasteiger partial charge in [-0.3, -0.25) is 0 Å². The zero-order valence-corrected chi connectivity index (χ0v) is 9.55. The first-order valence-electron chi connectivity index (χ1n) is 5.55. The molecule has 0 aromatic rings. The van der Waals surface area contributed by atoms with E-state index in [0.29, 0.717) is 0 Å². The molecule has 0 fully saturated rings. The summed E-state index contributed by atoms with van der Waals surface area (Å²) in [6.07, 6.45) is 13.9. The third-order valence-corrected chi connectivity index (χ3v) is 2.15. The average molecular weight is 190 g/mol. The van der Waals surface area contributed by atoms with Gasteiger partial charge in [-0.1, -0.05) is 32.1 Å². The van der Waals surface area contributed by atoms with Gasteiger partial charge in [0.05, 0.1) is 0 Å². The fourth-order valence-electron chi connectivity index (χ4n) is 1.16. The first-order valence-corrected chi connectivity index (χ1v) is 5.55. The van der Waals surface area contributed by atoms with Gasteiger partial charge in [0.15, 0.2) is 0 Å². The fourth-order valence-corrected chi connectivity index (χ4v) is 1.16. The zero-order valence-electron chi connectivity index (χ0n) is 9.55. The van der Waals surface area contributed by atoms with Crippen molar-refractivity contribution in [3.63, 3.8) is 0 Å². The van der Waals surface area contributed by atoms with E-state index in [9.17, 15) is 0 Å². The Morgan fingerprint density at radius 2 is 1.93 bits per heavy atom. The second kappa shape index (κ2) is 10.1. The number of rotatable bonds is 7. The molecule has 0 atom stereocenters. The minimum Gasteiger partial charge on any atom is -0.122 e. The summed E-state index contributed by atoms with van der Waals surface area (Å²) in [5.41, 5.74) is 4.68. The Morgan fingerprint density at radius 1 is 1.21 bits per heavy atom. The molecule has 78 valence electrons. The quantitative estimate of drug-likeness (QED) is 0.234. The highest BCUT2D eigenvalue weighted by Crippen LogP contribution is 2.02. The van der Waals surface area contributed by atoms with E-state index in [-0.39, 0.29) is 0 Å². The lowest BCUT2D eigenvalue weighted by molar-refractivity contribution is 0.870. The third-order valence-electron chi connectivity index (χ3n) is 2.15. The highest BCUT2D eigenvalue weighted by molar-refractivity contribution is 5.08. The normalized spacial score (nSPS) is 9.86. The molecule has 0 heterocycles. The van der Waals surface area contributed by atoms with Gasteiger partial charge < -0.3 is 0 Å². The second-order valence-corrected chi connectivity index (χ2v) is 3.27.